The van der Waals surface area contributed by atoms with Crippen molar-refractivity contribution in [2.24, 2.45) is 0 Å². The second-order valence-corrected chi connectivity index (χ2v) is 4.17. The summed E-state index contributed by atoms with van der Waals surface area (Å²) in [6.45, 7) is 0.159. The molecule has 0 heterocycles. The topological polar surface area (TPSA) is 26.3 Å². The minimum absolute atomic E-state index is 0.159. The van der Waals surface area contributed by atoms with Gasteiger partial charge in [0.25, 0.3) is 0 Å². The van der Waals surface area contributed by atoms with E-state index in [1.54, 1.807) is 6.08 Å². The van der Waals surface area contributed by atoms with Gasteiger partial charge in [-0.15, -0.1) is 0 Å². The summed E-state index contributed by atoms with van der Waals surface area (Å²) in [6.07, 6.45) is 3.60. The standard InChI is InChI=1S/C18H13FO2/c19-17-11-8-16(9-12-17)10-13-18(20)21-14-4-7-15-5-2-1-3-6-15/h1-9,11-12H,14H2/b7-4+. The predicted octanol–water partition coefficient (Wildman–Crippen LogP) is 3.43. The van der Waals surface area contributed by atoms with E-state index in [0.29, 0.717) is 5.56 Å². The molecule has 2 rings (SSSR count). The number of hydrogen-bond acceptors (Lipinski definition) is 2. The first-order valence-corrected chi connectivity index (χ1v) is 6.40. The van der Waals surface area contributed by atoms with Crippen LogP contribution in [0, 0.1) is 17.7 Å². The first kappa shape index (κ1) is 14.5. The minimum Gasteiger partial charge on any atom is -0.452 e. The minimum atomic E-state index is -0.614. The van der Waals surface area contributed by atoms with Crippen molar-refractivity contribution in [3.8, 4) is 11.8 Å². The molecule has 0 spiro atoms. The monoisotopic (exact) mass is 280 g/mol. The highest BCUT2D eigenvalue weighted by Crippen LogP contribution is 2.01. The van der Waals surface area contributed by atoms with Crippen LogP contribution in [0.3, 0.4) is 0 Å². The van der Waals surface area contributed by atoms with E-state index in [9.17, 15) is 9.18 Å². The van der Waals surface area contributed by atoms with Gasteiger partial charge >= 0.3 is 5.97 Å². The Kier molecular flexibility index (Phi) is 5.31. The number of carbonyl (C=O) groups is 1. The first-order chi connectivity index (χ1) is 10.2. The fourth-order valence-electron chi connectivity index (χ4n) is 1.56. The maximum absolute atomic E-state index is 12.7. The van der Waals surface area contributed by atoms with E-state index in [2.05, 4.69) is 11.8 Å². The molecule has 0 fully saturated rings. The second-order valence-electron chi connectivity index (χ2n) is 4.17. The summed E-state index contributed by atoms with van der Waals surface area (Å²) >= 11 is 0. The summed E-state index contributed by atoms with van der Waals surface area (Å²) in [5, 5.41) is 0. The Morgan fingerprint density at radius 1 is 1.10 bits per heavy atom. The fraction of sp³-hybridized carbons (Fsp3) is 0.0556. The lowest BCUT2D eigenvalue weighted by Gasteiger charge is -1.95. The van der Waals surface area contributed by atoms with Gasteiger partial charge in [0.1, 0.15) is 12.4 Å². The molecule has 0 aliphatic rings. The van der Waals surface area contributed by atoms with Gasteiger partial charge in [-0.05, 0) is 35.9 Å². The number of benzene rings is 2. The smallest absolute Gasteiger partial charge is 0.385 e. The molecule has 0 N–H and O–H groups in total. The molecular formula is C18H13FO2. The maximum atomic E-state index is 12.7. The van der Waals surface area contributed by atoms with E-state index in [-0.39, 0.29) is 12.4 Å². The number of rotatable bonds is 3. The highest BCUT2D eigenvalue weighted by atomic mass is 19.1. The fourth-order valence-corrected chi connectivity index (χ4v) is 1.56. The van der Waals surface area contributed by atoms with Crippen LogP contribution in [0.15, 0.2) is 60.7 Å². The van der Waals surface area contributed by atoms with Crippen molar-refractivity contribution >= 4 is 12.0 Å². The third-order valence-corrected chi connectivity index (χ3v) is 2.57. The van der Waals surface area contributed by atoms with Crippen molar-refractivity contribution in [1.82, 2.24) is 0 Å². The Bertz CT molecular complexity index is 677. The molecule has 0 amide bonds. The second kappa shape index (κ2) is 7.66. The molecule has 2 aromatic carbocycles. The van der Waals surface area contributed by atoms with Crippen molar-refractivity contribution in [3.05, 3.63) is 77.6 Å². The number of carbonyl (C=O) groups excluding carboxylic acids is 1. The number of esters is 1. The zero-order valence-electron chi connectivity index (χ0n) is 11.3. The van der Waals surface area contributed by atoms with Crippen LogP contribution in [-0.4, -0.2) is 12.6 Å². The number of ether oxygens (including phenoxy) is 1. The zero-order chi connectivity index (χ0) is 14.9. The van der Waals surface area contributed by atoms with Gasteiger partial charge in [0, 0.05) is 11.5 Å². The molecule has 0 bridgehead atoms. The Morgan fingerprint density at radius 3 is 2.52 bits per heavy atom. The van der Waals surface area contributed by atoms with E-state index in [4.69, 9.17) is 4.74 Å². The molecular weight excluding hydrogens is 267 g/mol. The lowest BCUT2D eigenvalue weighted by atomic mass is 10.2. The SMILES string of the molecule is O=C(C#Cc1ccc(F)cc1)OC/C=C/c1ccccc1. The van der Waals surface area contributed by atoms with Crippen molar-refractivity contribution < 1.29 is 13.9 Å². The molecule has 0 radical (unpaired) electrons. The van der Waals surface area contributed by atoms with Gasteiger partial charge in [-0.1, -0.05) is 42.3 Å². The van der Waals surface area contributed by atoms with Gasteiger partial charge in [-0.3, -0.25) is 0 Å². The molecule has 3 heteroatoms. The predicted molar refractivity (Wildman–Crippen MR) is 79.7 cm³/mol. The summed E-state index contributed by atoms with van der Waals surface area (Å²) in [7, 11) is 0. The average Bonchev–Trinajstić information content (AvgIpc) is 2.52. The molecule has 0 saturated carbocycles. The van der Waals surface area contributed by atoms with Gasteiger partial charge < -0.3 is 4.74 Å². The van der Waals surface area contributed by atoms with Crippen molar-refractivity contribution in [3.63, 3.8) is 0 Å². The lowest BCUT2D eigenvalue weighted by molar-refractivity contribution is -0.135. The van der Waals surface area contributed by atoms with Crippen LogP contribution >= 0.6 is 0 Å². The lowest BCUT2D eigenvalue weighted by Crippen LogP contribution is -2.00. The van der Waals surface area contributed by atoms with Crippen LogP contribution in [0.4, 0.5) is 4.39 Å². The Balaban J connectivity index is 1.80. The highest BCUT2D eigenvalue weighted by Gasteiger charge is 1.95. The largest absolute Gasteiger partial charge is 0.452 e. The van der Waals surface area contributed by atoms with E-state index in [1.807, 2.05) is 36.4 Å². The van der Waals surface area contributed by atoms with E-state index in [0.717, 1.165) is 5.56 Å². The third kappa shape index (κ3) is 5.33. The third-order valence-electron chi connectivity index (χ3n) is 2.57. The molecule has 21 heavy (non-hydrogen) atoms. The van der Waals surface area contributed by atoms with E-state index < -0.39 is 5.97 Å². The zero-order valence-corrected chi connectivity index (χ0v) is 11.3. The summed E-state index contributed by atoms with van der Waals surface area (Å²) < 4.78 is 17.6. The first-order valence-electron chi connectivity index (χ1n) is 6.40. The molecule has 0 aliphatic heterocycles. The Hall–Kier alpha value is -2.86. The molecule has 104 valence electrons. The van der Waals surface area contributed by atoms with Crippen molar-refractivity contribution in [1.29, 1.82) is 0 Å². The van der Waals surface area contributed by atoms with Crippen LogP contribution in [0.2, 0.25) is 0 Å². The maximum Gasteiger partial charge on any atom is 0.385 e. The van der Waals surface area contributed by atoms with E-state index in [1.165, 1.54) is 24.3 Å². The number of hydrogen-bond donors (Lipinski definition) is 0. The van der Waals surface area contributed by atoms with Gasteiger partial charge in [0.05, 0.1) is 0 Å². The van der Waals surface area contributed by atoms with Crippen LogP contribution in [0.5, 0.6) is 0 Å². The van der Waals surface area contributed by atoms with Crippen LogP contribution < -0.4 is 0 Å². The molecule has 0 aliphatic carbocycles. The van der Waals surface area contributed by atoms with Crippen molar-refractivity contribution in [2.75, 3.05) is 6.61 Å². The summed E-state index contributed by atoms with van der Waals surface area (Å²) in [6, 6.07) is 15.3. The molecule has 0 aromatic heterocycles. The van der Waals surface area contributed by atoms with Gasteiger partial charge in [-0.2, -0.15) is 0 Å². The van der Waals surface area contributed by atoms with Crippen LogP contribution in [0.1, 0.15) is 11.1 Å². The quantitative estimate of drug-likeness (QED) is 0.636. The van der Waals surface area contributed by atoms with Crippen LogP contribution in [0.25, 0.3) is 6.08 Å². The molecule has 0 unspecified atom stereocenters. The summed E-state index contributed by atoms with van der Waals surface area (Å²) in [5.74, 6) is 4.01. The highest BCUT2D eigenvalue weighted by molar-refractivity contribution is 5.89. The Morgan fingerprint density at radius 2 is 1.81 bits per heavy atom. The average molecular weight is 280 g/mol. The number of halogens is 1. The van der Waals surface area contributed by atoms with Gasteiger partial charge in [-0.25, -0.2) is 9.18 Å². The summed E-state index contributed by atoms with van der Waals surface area (Å²) in [4.78, 5) is 11.4. The normalized spacial score (nSPS) is 9.95. The molecule has 0 atom stereocenters. The van der Waals surface area contributed by atoms with Gasteiger partial charge in [0.15, 0.2) is 0 Å². The van der Waals surface area contributed by atoms with Crippen LogP contribution in [-0.2, 0) is 9.53 Å². The van der Waals surface area contributed by atoms with E-state index >= 15 is 0 Å². The molecule has 0 saturated heterocycles. The van der Waals surface area contributed by atoms with Gasteiger partial charge in [0.2, 0.25) is 0 Å². The molecule has 2 nitrogen and oxygen atoms in total. The molecule has 2 aromatic rings. The summed E-state index contributed by atoms with van der Waals surface area (Å²) in [5.41, 5.74) is 1.60. The van der Waals surface area contributed by atoms with Crippen molar-refractivity contribution in [2.45, 2.75) is 0 Å². The Labute approximate surface area is 122 Å².